The lowest BCUT2D eigenvalue weighted by molar-refractivity contribution is 0.174. The zero-order valence-corrected chi connectivity index (χ0v) is 11.0. The second kappa shape index (κ2) is 5.60. The van der Waals surface area contributed by atoms with Crippen LogP contribution in [0.15, 0.2) is 12.1 Å². The Bertz CT molecular complexity index is 352. The average Bonchev–Trinajstić information content (AvgIpc) is 2.20. The molecule has 15 heavy (non-hydrogen) atoms. The van der Waals surface area contributed by atoms with Crippen molar-refractivity contribution in [3.05, 3.63) is 33.3 Å². The minimum Gasteiger partial charge on any atom is -0.388 e. The molecule has 0 amide bonds. The summed E-state index contributed by atoms with van der Waals surface area (Å²) < 4.78 is 0. The summed E-state index contributed by atoms with van der Waals surface area (Å²) in [6.07, 6.45) is -0.0474. The molecule has 1 aromatic carbocycles. The maximum absolute atomic E-state index is 9.65. The number of rotatable bonds is 3. The van der Waals surface area contributed by atoms with Crippen LogP contribution in [0.3, 0.4) is 0 Å². The zero-order chi connectivity index (χ0) is 11.6. The number of hydrogen-bond donors (Lipinski definition) is 1. The Morgan fingerprint density at radius 1 is 1.13 bits per heavy atom. The lowest BCUT2D eigenvalue weighted by Crippen LogP contribution is -1.98. The Morgan fingerprint density at radius 3 is 2.07 bits per heavy atom. The highest BCUT2D eigenvalue weighted by Gasteiger charge is 2.17. The first-order valence-corrected chi connectivity index (χ1v) is 6.05. The van der Waals surface area contributed by atoms with Crippen molar-refractivity contribution in [2.45, 2.75) is 24.3 Å². The molecule has 1 aromatic rings. The van der Waals surface area contributed by atoms with E-state index in [0.717, 1.165) is 0 Å². The van der Waals surface area contributed by atoms with Crippen molar-refractivity contribution in [3.63, 3.8) is 0 Å². The Morgan fingerprint density at radius 2 is 1.60 bits per heavy atom. The van der Waals surface area contributed by atoms with Crippen LogP contribution in [0.1, 0.15) is 35.4 Å². The molecule has 0 bridgehead atoms. The van der Waals surface area contributed by atoms with Crippen molar-refractivity contribution in [1.29, 1.82) is 0 Å². The average molecular weight is 288 g/mol. The Labute approximate surface area is 109 Å². The van der Waals surface area contributed by atoms with Gasteiger partial charge in [0.1, 0.15) is 4.84 Å². The fourth-order valence-electron chi connectivity index (χ4n) is 1.23. The van der Waals surface area contributed by atoms with Gasteiger partial charge in [0.25, 0.3) is 0 Å². The third-order valence-electron chi connectivity index (χ3n) is 2.12. The first-order chi connectivity index (χ1) is 6.99. The smallest absolute Gasteiger partial charge is 0.134 e. The monoisotopic (exact) mass is 286 g/mol. The molecule has 0 fully saturated rings. The van der Waals surface area contributed by atoms with E-state index in [9.17, 15) is 5.11 Å². The molecule has 1 N–H and O–H groups in total. The molecule has 0 aliphatic rings. The minimum atomic E-state index is -0.720. The van der Waals surface area contributed by atoms with E-state index < -0.39 is 10.9 Å². The lowest BCUT2D eigenvalue weighted by Gasteiger charge is -2.14. The molecular formula is C10H10Cl4O. The van der Waals surface area contributed by atoms with Crippen molar-refractivity contribution >= 4 is 46.4 Å². The predicted octanol–water partition coefficient (Wildman–Crippen LogP) is 4.91. The van der Waals surface area contributed by atoms with Crippen LogP contribution >= 0.6 is 46.4 Å². The molecule has 0 aliphatic heterocycles. The van der Waals surface area contributed by atoms with Gasteiger partial charge in [0.05, 0.1) is 16.1 Å². The molecule has 0 radical (unpaired) electrons. The summed E-state index contributed by atoms with van der Waals surface area (Å²) in [4.78, 5) is -0.720. The number of halogens is 4. The second-order valence-electron chi connectivity index (χ2n) is 3.10. The molecule has 1 nitrogen and oxygen atoms in total. The van der Waals surface area contributed by atoms with Gasteiger partial charge in [-0.25, -0.2) is 0 Å². The van der Waals surface area contributed by atoms with Crippen LogP contribution < -0.4 is 0 Å². The first-order valence-electron chi connectivity index (χ1n) is 4.43. The normalized spacial score (nSPS) is 13.3. The van der Waals surface area contributed by atoms with Gasteiger partial charge < -0.3 is 5.11 Å². The molecule has 1 rings (SSSR count). The van der Waals surface area contributed by atoms with Crippen molar-refractivity contribution in [3.8, 4) is 0 Å². The number of aliphatic hydroxyl groups excluding tert-OH is 1. The molecule has 0 heterocycles. The van der Waals surface area contributed by atoms with Gasteiger partial charge in [-0.2, -0.15) is 0 Å². The maximum Gasteiger partial charge on any atom is 0.134 e. The molecule has 1 unspecified atom stereocenters. The highest BCUT2D eigenvalue weighted by atomic mass is 35.5. The molecule has 5 heteroatoms. The van der Waals surface area contributed by atoms with E-state index >= 15 is 0 Å². The Hall–Kier alpha value is 0.340. The van der Waals surface area contributed by atoms with Crippen LogP contribution in [0.5, 0.6) is 0 Å². The molecule has 0 aromatic heterocycles. The molecule has 1 atom stereocenters. The van der Waals surface area contributed by atoms with E-state index in [1.54, 1.807) is 12.1 Å². The number of hydrogen-bond acceptors (Lipinski definition) is 1. The molecule has 0 spiro atoms. The standard InChI is InChI=1S/C10H10Cl4O/c1-2-7(15)5-3-4-6(10(13)14)9(12)8(5)11/h3-4,7,10,15H,2H2,1H3. The summed E-state index contributed by atoms with van der Waals surface area (Å²) >= 11 is 23.4. The molecule has 0 aliphatic carbocycles. The van der Waals surface area contributed by atoms with Crippen LogP contribution in [0, 0.1) is 0 Å². The lowest BCUT2D eigenvalue weighted by atomic mass is 10.1. The van der Waals surface area contributed by atoms with Crippen LogP contribution in [0.2, 0.25) is 10.0 Å². The summed E-state index contributed by atoms with van der Waals surface area (Å²) in [5.74, 6) is 0. The van der Waals surface area contributed by atoms with Crippen molar-refractivity contribution in [2.24, 2.45) is 0 Å². The van der Waals surface area contributed by atoms with E-state index in [2.05, 4.69) is 0 Å². The van der Waals surface area contributed by atoms with Gasteiger partial charge in [-0.05, 0) is 6.42 Å². The quantitative estimate of drug-likeness (QED) is 0.783. The van der Waals surface area contributed by atoms with Gasteiger partial charge in [0, 0.05) is 11.1 Å². The topological polar surface area (TPSA) is 20.2 Å². The maximum atomic E-state index is 9.65. The van der Waals surface area contributed by atoms with E-state index in [-0.39, 0.29) is 0 Å². The molecule has 84 valence electrons. The summed E-state index contributed by atoms with van der Waals surface area (Å²) in [5.41, 5.74) is 1.15. The third-order valence-corrected chi connectivity index (χ3v) is 3.50. The van der Waals surface area contributed by atoms with Gasteiger partial charge in [-0.3, -0.25) is 0 Å². The second-order valence-corrected chi connectivity index (χ2v) is 4.95. The highest BCUT2D eigenvalue weighted by molar-refractivity contribution is 6.47. The summed E-state index contributed by atoms with van der Waals surface area (Å²) in [6.45, 7) is 1.86. The first kappa shape index (κ1) is 13.4. The predicted molar refractivity (Wildman–Crippen MR) is 66.2 cm³/mol. The van der Waals surface area contributed by atoms with E-state index in [0.29, 0.717) is 27.6 Å². The van der Waals surface area contributed by atoms with Gasteiger partial charge in [0.2, 0.25) is 0 Å². The van der Waals surface area contributed by atoms with E-state index in [1.165, 1.54) is 0 Å². The summed E-state index contributed by atoms with van der Waals surface area (Å²) in [5, 5.41) is 10.3. The number of benzene rings is 1. The fraction of sp³-hybridized carbons (Fsp3) is 0.400. The number of aliphatic hydroxyl groups is 1. The van der Waals surface area contributed by atoms with Gasteiger partial charge >= 0.3 is 0 Å². The van der Waals surface area contributed by atoms with Crippen LogP contribution in [0.4, 0.5) is 0 Å². The van der Waals surface area contributed by atoms with Crippen molar-refractivity contribution < 1.29 is 5.11 Å². The third kappa shape index (κ3) is 2.92. The van der Waals surface area contributed by atoms with Crippen LogP contribution in [-0.2, 0) is 0 Å². The summed E-state index contributed by atoms with van der Waals surface area (Å²) in [6, 6.07) is 3.36. The van der Waals surface area contributed by atoms with Gasteiger partial charge in [0.15, 0.2) is 0 Å². The van der Waals surface area contributed by atoms with Crippen molar-refractivity contribution in [1.82, 2.24) is 0 Å². The van der Waals surface area contributed by atoms with Gasteiger partial charge in [-0.1, -0.05) is 42.3 Å². The van der Waals surface area contributed by atoms with Crippen LogP contribution in [0.25, 0.3) is 0 Å². The fourth-order valence-corrected chi connectivity index (χ4v) is 2.28. The van der Waals surface area contributed by atoms with Crippen LogP contribution in [-0.4, -0.2) is 5.11 Å². The van der Waals surface area contributed by atoms with Gasteiger partial charge in [-0.15, -0.1) is 23.2 Å². The highest BCUT2D eigenvalue weighted by Crippen LogP contribution is 2.39. The minimum absolute atomic E-state index is 0.302. The van der Waals surface area contributed by atoms with E-state index in [1.807, 2.05) is 6.92 Å². The van der Waals surface area contributed by atoms with E-state index in [4.69, 9.17) is 46.4 Å². The molecular weight excluding hydrogens is 278 g/mol. The SMILES string of the molecule is CCC(O)c1ccc(C(Cl)Cl)c(Cl)c1Cl. The van der Waals surface area contributed by atoms with Crippen molar-refractivity contribution in [2.75, 3.05) is 0 Å². The largest absolute Gasteiger partial charge is 0.388 e. The molecule has 0 saturated carbocycles. The molecule has 0 saturated heterocycles. The Kier molecular flexibility index (Phi) is 5.01. The zero-order valence-electron chi connectivity index (χ0n) is 7.98. The number of alkyl halides is 2. The summed E-state index contributed by atoms with van der Waals surface area (Å²) in [7, 11) is 0. The Balaban J connectivity index is 3.21.